The molecule has 0 aliphatic heterocycles. The van der Waals surface area contributed by atoms with E-state index in [1.54, 1.807) is 19.1 Å². The molecule has 0 unspecified atom stereocenters. The third kappa shape index (κ3) is 9.62. The summed E-state index contributed by atoms with van der Waals surface area (Å²) in [6.07, 6.45) is 4.36. The second-order valence-electron chi connectivity index (χ2n) is 10.2. The van der Waals surface area contributed by atoms with Crippen LogP contribution in [0.5, 0.6) is 0 Å². The number of aryl methyl sites for hydroxylation is 1. The molecule has 0 saturated carbocycles. The largest absolute Gasteiger partial charge is 0.451 e. The van der Waals surface area contributed by atoms with Crippen molar-refractivity contribution in [2.45, 2.75) is 65.5 Å². The predicted molar refractivity (Wildman–Crippen MR) is 162 cm³/mol. The van der Waals surface area contributed by atoms with Crippen molar-refractivity contribution in [3.8, 4) is 11.3 Å². The lowest BCUT2D eigenvalue weighted by molar-refractivity contribution is -0.200. The molecule has 0 aliphatic rings. The first-order chi connectivity index (χ1) is 20.6. The van der Waals surface area contributed by atoms with Crippen LogP contribution in [0.4, 0.5) is 0 Å². The number of hydrogen-bond acceptors (Lipinski definition) is 6. The standard InChI is InChI=1S/C31H40N3O8P/c1-4-6-8-13-25(26(5-2)34(21-35)41-19-23-11-9-7-10-12-23)30(36)32-20-33-31(37)28-16-15-27(42-28)24-14-17-29(22(3)18-24)43(38,39)40/h7,9-12,14-18,21,25-26H,4-6,8,13,19-20H2,1-3H3,(H,32,36)(H,33,37)(H2,38,39,40)/t25-,26-/m1/s1. The zero-order chi connectivity index (χ0) is 31.4. The van der Waals surface area contributed by atoms with Gasteiger partial charge >= 0.3 is 7.60 Å². The molecule has 3 aromatic rings. The highest BCUT2D eigenvalue weighted by Gasteiger charge is 2.32. The van der Waals surface area contributed by atoms with Crippen LogP contribution >= 0.6 is 7.60 Å². The first kappa shape index (κ1) is 33.7. The maximum absolute atomic E-state index is 13.3. The zero-order valence-electron chi connectivity index (χ0n) is 24.7. The topological polar surface area (TPSA) is 158 Å². The number of furan rings is 1. The SMILES string of the molecule is CCCCC[C@@H](C(=O)NCNC(=O)c1ccc(-c2ccc(P(=O)(O)O)c(C)c2)o1)[C@@H](CC)N(C=O)OCc1ccccc1. The molecule has 1 heterocycles. The van der Waals surface area contributed by atoms with Crippen molar-refractivity contribution in [2.24, 2.45) is 5.92 Å². The van der Waals surface area contributed by atoms with Crippen LogP contribution in [0.15, 0.2) is 65.1 Å². The van der Waals surface area contributed by atoms with E-state index in [-0.39, 0.29) is 30.2 Å². The van der Waals surface area contributed by atoms with E-state index < -0.39 is 25.5 Å². The predicted octanol–water partition coefficient (Wildman–Crippen LogP) is 4.43. The van der Waals surface area contributed by atoms with Crippen LogP contribution in [0.3, 0.4) is 0 Å². The number of carbonyl (C=O) groups is 3. The summed E-state index contributed by atoms with van der Waals surface area (Å²) in [5, 5.41) is 6.53. The third-order valence-corrected chi connectivity index (χ3v) is 8.26. The van der Waals surface area contributed by atoms with Gasteiger partial charge in [0.25, 0.3) is 5.91 Å². The highest BCUT2D eigenvalue weighted by molar-refractivity contribution is 7.60. The molecule has 3 rings (SSSR count). The first-order valence-corrected chi connectivity index (χ1v) is 15.9. The number of benzene rings is 2. The van der Waals surface area contributed by atoms with Gasteiger partial charge in [0.1, 0.15) is 12.4 Å². The fourth-order valence-electron chi connectivity index (χ4n) is 4.86. The van der Waals surface area contributed by atoms with E-state index in [0.717, 1.165) is 24.8 Å². The lowest BCUT2D eigenvalue weighted by atomic mass is 9.90. The molecule has 12 heteroatoms. The molecular weight excluding hydrogens is 573 g/mol. The Bertz CT molecular complexity index is 1410. The first-order valence-electron chi connectivity index (χ1n) is 14.3. The van der Waals surface area contributed by atoms with Crippen molar-refractivity contribution >= 4 is 31.1 Å². The summed E-state index contributed by atoms with van der Waals surface area (Å²) in [5.74, 6) is -1.05. The summed E-state index contributed by atoms with van der Waals surface area (Å²) >= 11 is 0. The van der Waals surface area contributed by atoms with Gasteiger partial charge in [0.2, 0.25) is 12.3 Å². The van der Waals surface area contributed by atoms with E-state index in [1.807, 2.05) is 37.3 Å². The quantitative estimate of drug-likeness (QED) is 0.0573. The Balaban J connectivity index is 1.62. The normalized spacial score (nSPS) is 12.8. The molecule has 2 aromatic carbocycles. The van der Waals surface area contributed by atoms with Gasteiger partial charge in [-0.2, -0.15) is 0 Å². The van der Waals surface area contributed by atoms with Crippen LogP contribution < -0.4 is 15.9 Å². The van der Waals surface area contributed by atoms with E-state index in [2.05, 4.69) is 17.6 Å². The molecule has 0 radical (unpaired) electrons. The van der Waals surface area contributed by atoms with Gasteiger partial charge in [0.05, 0.1) is 23.9 Å². The molecule has 1 aromatic heterocycles. The number of unbranched alkanes of at least 4 members (excludes halogenated alkanes) is 2. The van der Waals surface area contributed by atoms with Crippen molar-refractivity contribution in [1.82, 2.24) is 15.7 Å². The number of nitrogens with zero attached hydrogens (tertiary/aromatic N) is 1. The Kier molecular flexibility index (Phi) is 12.7. The summed E-state index contributed by atoms with van der Waals surface area (Å²) in [5.41, 5.74) is 1.85. The van der Waals surface area contributed by atoms with Crippen LogP contribution in [0.1, 0.15) is 67.6 Å². The van der Waals surface area contributed by atoms with Crippen molar-refractivity contribution in [1.29, 1.82) is 0 Å². The van der Waals surface area contributed by atoms with Crippen molar-refractivity contribution < 1.29 is 38.0 Å². The van der Waals surface area contributed by atoms with E-state index in [9.17, 15) is 28.7 Å². The summed E-state index contributed by atoms with van der Waals surface area (Å²) in [4.78, 5) is 62.8. The molecule has 232 valence electrons. The second-order valence-corrected chi connectivity index (χ2v) is 11.8. The smallest absolute Gasteiger partial charge is 0.356 e. The lowest BCUT2D eigenvalue weighted by Crippen LogP contribution is -2.48. The number of nitrogens with one attached hydrogen (secondary N) is 2. The fourth-order valence-corrected chi connectivity index (χ4v) is 5.66. The number of rotatable bonds is 17. The number of hydrogen-bond donors (Lipinski definition) is 4. The van der Waals surface area contributed by atoms with Crippen LogP contribution in [0, 0.1) is 12.8 Å². The van der Waals surface area contributed by atoms with Gasteiger partial charge in [-0.3, -0.25) is 23.8 Å². The minimum absolute atomic E-state index is 0.00772. The molecule has 11 nitrogen and oxygen atoms in total. The van der Waals surface area contributed by atoms with Gasteiger partial charge in [0.15, 0.2) is 5.76 Å². The van der Waals surface area contributed by atoms with Gasteiger partial charge in [-0.25, -0.2) is 5.06 Å². The molecule has 4 N–H and O–H groups in total. The van der Waals surface area contributed by atoms with Crippen molar-refractivity contribution in [2.75, 3.05) is 6.67 Å². The maximum atomic E-state index is 13.3. The van der Waals surface area contributed by atoms with Gasteiger partial charge < -0.3 is 24.8 Å². The van der Waals surface area contributed by atoms with E-state index >= 15 is 0 Å². The van der Waals surface area contributed by atoms with Crippen LogP contribution in [-0.4, -0.2) is 45.8 Å². The van der Waals surface area contributed by atoms with Crippen molar-refractivity contribution in [3.63, 3.8) is 0 Å². The van der Waals surface area contributed by atoms with Crippen molar-refractivity contribution in [3.05, 3.63) is 77.6 Å². The maximum Gasteiger partial charge on any atom is 0.356 e. The van der Waals surface area contributed by atoms with Gasteiger partial charge in [-0.05, 0) is 55.2 Å². The Labute approximate surface area is 251 Å². The molecule has 0 fully saturated rings. The monoisotopic (exact) mass is 613 g/mol. The highest BCUT2D eigenvalue weighted by Crippen LogP contribution is 2.36. The zero-order valence-corrected chi connectivity index (χ0v) is 25.6. The van der Waals surface area contributed by atoms with Gasteiger partial charge in [-0.15, -0.1) is 0 Å². The van der Waals surface area contributed by atoms with Crippen LogP contribution in [-0.2, 0) is 25.6 Å². The Morgan fingerprint density at radius 3 is 2.42 bits per heavy atom. The summed E-state index contributed by atoms with van der Waals surface area (Å²) in [7, 11) is -4.40. The van der Waals surface area contributed by atoms with E-state index in [1.165, 1.54) is 23.3 Å². The Morgan fingerprint density at radius 1 is 1.05 bits per heavy atom. The molecule has 2 atom stereocenters. The van der Waals surface area contributed by atoms with Crippen LogP contribution in [0.2, 0.25) is 0 Å². The highest BCUT2D eigenvalue weighted by atomic mass is 31.2. The summed E-state index contributed by atoms with van der Waals surface area (Å²) < 4.78 is 17.3. The molecule has 3 amide bonds. The molecule has 0 aliphatic carbocycles. The average Bonchev–Trinajstić information content (AvgIpc) is 3.48. The van der Waals surface area contributed by atoms with Gasteiger partial charge in [0, 0.05) is 5.56 Å². The molecule has 0 saturated heterocycles. The van der Waals surface area contributed by atoms with Gasteiger partial charge in [-0.1, -0.05) is 69.5 Å². The minimum atomic E-state index is -4.40. The van der Waals surface area contributed by atoms with E-state index in [4.69, 9.17) is 9.25 Å². The Hall–Kier alpha value is -3.76. The number of amides is 3. The number of hydroxylamine groups is 2. The molecule has 43 heavy (non-hydrogen) atoms. The summed E-state index contributed by atoms with van der Waals surface area (Å²) in [6.45, 7) is 5.58. The average molecular weight is 614 g/mol. The summed E-state index contributed by atoms with van der Waals surface area (Å²) in [6, 6.07) is 16.4. The van der Waals surface area contributed by atoms with Crippen LogP contribution in [0.25, 0.3) is 11.3 Å². The molecule has 0 spiro atoms. The molecule has 0 bridgehead atoms. The third-order valence-electron chi connectivity index (χ3n) is 7.13. The molecular formula is C31H40N3O8P. The number of carbonyl (C=O) groups excluding carboxylic acids is 3. The lowest BCUT2D eigenvalue weighted by Gasteiger charge is -2.32. The Morgan fingerprint density at radius 2 is 1.79 bits per heavy atom. The van der Waals surface area contributed by atoms with E-state index in [0.29, 0.717) is 36.1 Å². The minimum Gasteiger partial charge on any atom is -0.451 e. The fraction of sp³-hybridized carbons (Fsp3) is 0.387. The second kappa shape index (κ2) is 16.2.